The molecule has 5 unspecified atom stereocenters. The zero-order valence-corrected chi connectivity index (χ0v) is 71.9. The van der Waals surface area contributed by atoms with Crippen LogP contribution in [0.1, 0.15) is 179 Å². The van der Waals surface area contributed by atoms with E-state index in [4.69, 9.17) is 104 Å². The fraction of sp³-hybridized carbons (Fsp3) is 0.797. The molecule has 658 valence electrons. The van der Waals surface area contributed by atoms with E-state index < -0.39 is 150 Å². The Morgan fingerprint density at radius 3 is 1.41 bits per heavy atom. The van der Waals surface area contributed by atoms with Gasteiger partial charge in [-0.1, -0.05) is 27.4 Å². The maximum Gasteiger partial charge on any atom is 0.401 e. The Morgan fingerprint density at radius 2 is 1.09 bits per heavy atom. The van der Waals surface area contributed by atoms with Gasteiger partial charge in [-0.05, 0) is 164 Å². The van der Waals surface area contributed by atoms with Crippen LogP contribution in [0.2, 0.25) is 0 Å². The summed E-state index contributed by atoms with van der Waals surface area (Å²) < 4.78 is 143. The molecule has 39 nitrogen and oxygen atoms in total. The molecule has 0 bridgehead atoms. The zero-order chi connectivity index (χ0) is 89.7. The molecule has 8 saturated heterocycles. The van der Waals surface area contributed by atoms with E-state index in [1.165, 1.54) is 20.8 Å². The smallest absolute Gasteiger partial charge is 0.401 e. The summed E-state index contributed by atoms with van der Waals surface area (Å²) in [5, 5.41) is 64.6. The van der Waals surface area contributed by atoms with Crippen molar-refractivity contribution in [1.29, 1.82) is 15.8 Å². The monoisotopic (exact) mass is 1690 g/mol. The first-order valence-corrected chi connectivity index (χ1v) is 39.7. The second kappa shape index (κ2) is 45.8. The molecule has 4 N–H and O–H groups in total. The minimum Gasteiger partial charge on any atom is -0.464 e. The second-order valence-corrected chi connectivity index (χ2v) is 32.5. The zero-order valence-electron chi connectivity index (χ0n) is 70.3. The first-order valence-electron chi connectivity index (χ1n) is 36.6. The lowest BCUT2D eigenvalue weighted by atomic mass is 9.78. The van der Waals surface area contributed by atoms with Gasteiger partial charge in [0.15, 0.2) is 57.8 Å². The van der Waals surface area contributed by atoms with Crippen molar-refractivity contribution >= 4 is 68.8 Å². The number of carbonyl (C=O) groups is 7. The number of nitriles is 3. The SMILES string of the molecule is C=C(C)C(=O)OCC.CC1(C)OCC(C=O)O1.CCOC(=O)/C(C)=C/C1COC(C)(C)O1.CCOC(=O)[C@@](C)(O)[C@H](O)C1COC(C)(C)O1.CCOC(=O)[C@@]1(C)OS(=O)(=O)O[C@@H]1C1COC(C)(C)O1.CC[C@@](C)(C#N)[C@H](OS(C)(=O)=O)C1COC(C)(C)O1.CC[C@H]1OC(=O)[C@](C)(C#N)[C@@H]1C.C[C@]1(C#N)C(=O)O[C@H](CO)[C@H]1O.O=C=O. The Hall–Kier alpha value is -6.96. The van der Waals surface area contributed by atoms with E-state index in [1.54, 1.807) is 123 Å². The number of carbonyl (C=O) groups excluding carboxylic acids is 9. The van der Waals surface area contributed by atoms with Gasteiger partial charge in [-0.2, -0.15) is 42.2 Å². The molecule has 0 aromatic rings. The maximum absolute atomic E-state index is 12.0. The summed E-state index contributed by atoms with van der Waals surface area (Å²) in [6.07, 6.45) is -3.43. The number of esters is 6. The van der Waals surface area contributed by atoms with Gasteiger partial charge in [-0.25, -0.2) is 27.5 Å². The Morgan fingerprint density at radius 1 is 0.661 bits per heavy atom. The van der Waals surface area contributed by atoms with E-state index in [2.05, 4.69) is 22.1 Å². The number of nitrogens with zero attached hydrogens (tertiary/aromatic N) is 3. The highest BCUT2D eigenvalue weighted by Gasteiger charge is 2.62. The number of rotatable bonds is 20. The summed E-state index contributed by atoms with van der Waals surface area (Å²) in [6, 6.07) is 5.83. The van der Waals surface area contributed by atoms with Crippen LogP contribution in [0, 0.1) is 56.2 Å². The van der Waals surface area contributed by atoms with Crippen molar-refractivity contribution in [1.82, 2.24) is 0 Å². The number of hydrogen-bond acceptors (Lipinski definition) is 39. The molecule has 8 aliphatic rings. The van der Waals surface area contributed by atoms with Gasteiger partial charge in [0, 0.05) is 17.1 Å². The number of aldehydes is 1. The number of ether oxygens (including phenoxy) is 16. The average Bonchev–Trinajstić information content (AvgIpc) is 1.60. The van der Waals surface area contributed by atoms with Gasteiger partial charge in [-0.15, -0.1) is 0 Å². The molecule has 0 aromatic heterocycles. The average molecular weight is 1690 g/mol. The van der Waals surface area contributed by atoms with E-state index in [1.807, 2.05) is 40.7 Å². The molecule has 8 rings (SSSR count). The van der Waals surface area contributed by atoms with Crippen molar-refractivity contribution in [2.24, 2.45) is 22.2 Å². The van der Waals surface area contributed by atoms with Crippen LogP contribution in [0.4, 0.5) is 0 Å². The van der Waals surface area contributed by atoms with Crippen LogP contribution in [0.15, 0.2) is 23.8 Å². The molecule has 41 heteroatoms. The van der Waals surface area contributed by atoms with Crippen LogP contribution in [0.3, 0.4) is 0 Å². The molecule has 0 spiro atoms. The lowest BCUT2D eigenvalue weighted by Gasteiger charge is -2.33. The van der Waals surface area contributed by atoms with Crippen LogP contribution < -0.4 is 0 Å². The van der Waals surface area contributed by atoms with E-state index in [-0.39, 0.29) is 81.3 Å². The third kappa shape index (κ3) is 33.4. The van der Waals surface area contributed by atoms with Gasteiger partial charge >= 0.3 is 52.4 Å². The fourth-order valence-electron chi connectivity index (χ4n) is 10.8. The van der Waals surface area contributed by atoms with Crippen LogP contribution >= 0.6 is 0 Å². The lowest BCUT2D eigenvalue weighted by molar-refractivity contribution is -0.195. The van der Waals surface area contributed by atoms with E-state index in [0.29, 0.717) is 44.0 Å². The third-order valence-corrected chi connectivity index (χ3v) is 19.2. The molecular weight excluding hydrogens is 1570 g/mol. The van der Waals surface area contributed by atoms with Crippen molar-refractivity contribution in [3.63, 3.8) is 0 Å². The van der Waals surface area contributed by atoms with Gasteiger partial charge < -0.3 is 101 Å². The summed E-state index contributed by atoms with van der Waals surface area (Å²) in [6.45, 7) is 45.6. The highest BCUT2D eigenvalue weighted by Crippen LogP contribution is 2.42. The van der Waals surface area contributed by atoms with Crippen molar-refractivity contribution in [2.75, 3.05) is 72.3 Å². The predicted molar refractivity (Wildman–Crippen MR) is 394 cm³/mol. The van der Waals surface area contributed by atoms with Crippen molar-refractivity contribution in [2.45, 2.75) is 286 Å². The number of cyclic esters (lactones) is 2. The highest BCUT2D eigenvalue weighted by atomic mass is 32.3. The van der Waals surface area contributed by atoms with Gasteiger partial charge in [0.1, 0.15) is 61.0 Å². The van der Waals surface area contributed by atoms with E-state index >= 15 is 0 Å². The summed E-state index contributed by atoms with van der Waals surface area (Å²) >= 11 is 0. The number of aliphatic hydroxyl groups excluding tert-OH is 3. The highest BCUT2D eigenvalue weighted by molar-refractivity contribution is 7.86. The first kappa shape index (κ1) is 108. The molecule has 8 aliphatic heterocycles. The van der Waals surface area contributed by atoms with Gasteiger partial charge in [0.05, 0.1) is 95.9 Å². The van der Waals surface area contributed by atoms with E-state index in [0.717, 1.165) is 19.0 Å². The Kier molecular flexibility index (Phi) is 43.1. The van der Waals surface area contributed by atoms with Crippen molar-refractivity contribution in [3.05, 3.63) is 23.8 Å². The van der Waals surface area contributed by atoms with Crippen LogP contribution in [-0.4, -0.2) is 265 Å². The quantitative estimate of drug-likeness (QED) is 0.0437. The minimum atomic E-state index is -4.28. The normalized spacial score (nSPS) is 30.5. The minimum absolute atomic E-state index is 0.000000000000000444. The molecule has 8 fully saturated rings. The Balaban J connectivity index is 0.00000130. The summed E-state index contributed by atoms with van der Waals surface area (Å²) in [5.41, 5.74) is -6.21. The lowest BCUT2D eigenvalue weighted by Crippen LogP contribution is -2.54. The van der Waals surface area contributed by atoms with Gasteiger partial charge in [0.25, 0.3) is 10.1 Å². The van der Waals surface area contributed by atoms with Crippen LogP contribution in [0.25, 0.3) is 0 Å². The first-order chi connectivity index (χ1) is 52.6. The Bertz CT molecular complexity index is 3620. The van der Waals surface area contributed by atoms with E-state index in [9.17, 15) is 71.0 Å². The van der Waals surface area contributed by atoms with Gasteiger partial charge in [-0.3, -0.25) is 13.8 Å². The number of aliphatic hydroxyl groups is 4. The molecular formula is C74H119N3O36S2. The number of hydrogen-bond donors (Lipinski definition) is 4. The molecule has 0 amide bonds. The molecule has 0 saturated carbocycles. The third-order valence-electron chi connectivity index (χ3n) is 17.7. The largest absolute Gasteiger partial charge is 0.464 e. The van der Waals surface area contributed by atoms with Gasteiger partial charge in [0.2, 0.25) is 5.60 Å². The molecule has 0 aliphatic carbocycles. The molecule has 17 atom stereocenters. The van der Waals surface area contributed by atoms with Crippen LogP contribution in [0.5, 0.6) is 0 Å². The molecule has 0 aromatic carbocycles. The fourth-order valence-corrected chi connectivity index (χ4v) is 12.7. The molecule has 0 radical (unpaired) electrons. The second-order valence-electron chi connectivity index (χ2n) is 29.7. The van der Waals surface area contributed by atoms with Crippen LogP contribution in [-0.2, 0) is 152 Å². The van der Waals surface area contributed by atoms with Crippen molar-refractivity contribution in [3.8, 4) is 18.2 Å². The maximum atomic E-state index is 12.0. The molecule has 115 heavy (non-hydrogen) atoms. The topological polar surface area (TPSA) is 550 Å². The van der Waals surface area contributed by atoms with Crippen molar-refractivity contribution < 1.29 is 169 Å². The summed E-state index contributed by atoms with van der Waals surface area (Å²) in [5.74, 6) is -7.08. The standard InChI is InChI=1S/C12H21NO5S.C11H18O8S.C11H20O6.C11H18O4.C9H13NO2.C7H9NO4.C6H10O3.C6H10O2.CO2/c1-6-12(4,8-13)10(18-19(5,14)15)9-7-16-11(2,3)17-9;1-5-15-9(12)11(4)8(18-20(13,14)19-11)7-6-16-10(2,3)17-7;1-5-15-9(13)11(4,14)8(12)7-6-16-10(2,3)17-7;1-5-13-10(12)8(2)6-9-7-14-11(3,4)15-9;1-4-7-6(2)9(3,5-10)8(11)12-7;1-7(3-8)5(10)4(2-9)12-6(7)11;1-6(2)8-4-5(3-7)9-6;1-4-8-6(7)5(2)3;2-1-3/h9-10H,6-7H2,1-5H3;7-8H,5-6H2,1-4H3;7-8,12,14H,5-6H2,1-4H3;6,9H,5,7H2,1-4H3;6-7H,4H2,1-3H3;4-5,9-10H,2H2,1H3;3,5H,4H2,1-2H3;2,4H2,1,3H3;/b;;;8-6+;;;;;/t9?,10-,12+;2*7?,8-,11+;;6-,7-,9-;4-,5-,7-;;;/m111.11.../s1. The molecule has 8 heterocycles. The summed E-state index contributed by atoms with van der Waals surface area (Å²) in [7, 11) is -7.97. The Labute approximate surface area is 673 Å². The predicted octanol–water partition coefficient (Wildman–Crippen LogP) is 4.16. The summed E-state index contributed by atoms with van der Waals surface area (Å²) in [4.78, 5) is 93.8.